The van der Waals surface area contributed by atoms with Gasteiger partial charge in [0.15, 0.2) is 25.4 Å². The summed E-state index contributed by atoms with van der Waals surface area (Å²) in [5, 5.41) is 87.5. The summed E-state index contributed by atoms with van der Waals surface area (Å²) >= 11 is 0. The van der Waals surface area contributed by atoms with E-state index in [1.54, 1.807) is 6.92 Å². The van der Waals surface area contributed by atoms with Gasteiger partial charge in [-0.1, -0.05) is 50.6 Å². The highest BCUT2D eigenvalue weighted by molar-refractivity contribution is 5.81. The van der Waals surface area contributed by atoms with E-state index < -0.39 is 111 Å². The first kappa shape index (κ1) is 56.0. The number of hydrogen-bond donors (Lipinski definition) is 13. The molecule has 1 aromatic carbocycles. The van der Waals surface area contributed by atoms with Crippen LogP contribution in [0.2, 0.25) is 0 Å². The maximum Gasteiger partial charge on any atom is 0.408 e. The Labute approximate surface area is 307 Å². The van der Waals surface area contributed by atoms with E-state index in [0.717, 1.165) is 5.56 Å². The molecule has 21 nitrogen and oxygen atoms in total. The van der Waals surface area contributed by atoms with Crippen LogP contribution in [0.3, 0.4) is 0 Å². The molecule has 54 heavy (non-hydrogen) atoms. The second kappa shape index (κ2) is 32.9. The van der Waals surface area contributed by atoms with Gasteiger partial charge >= 0.3 is 30.0 Å². The number of carbonyl (C=O) groups is 7. The zero-order valence-corrected chi connectivity index (χ0v) is 29.6. The van der Waals surface area contributed by atoms with Gasteiger partial charge in [-0.25, -0.2) is 18.4 Å². The summed E-state index contributed by atoms with van der Waals surface area (Å²) in [7, 11) is 0. The molecule has 0 radical (unpaired) electrons. The first-order valence-corrected chi connectivity index (χ1v) is 15.5. The predicted octanol–water partition coefficient (Wildman–Crippen LogP) is -2.82. The molecular formula is C31H51F2N3O18. The van der Waals surface area contributed by atoms with Crippen LogP contribution in [0.4, 0.5) is 13.6 Å². The average molecular weight is 792 g/mol. The molecule has 312 valence electrons. The third-order valence-corrected chi connectivity index (χ3v) is 6.20. The summed E-state index contributed by atoms with van der Waals surface area (Å²) in [5.74, 6) is -5.87. The third kappa shape index (κ3) is 29.8. The summed E-state index contributed by atoms with van der Waals surface area (Å²) in [6.45, 7) is 1.98. The number of carboxylic acid groups (broad SMARTS) is 4. The quantitative estimate of drug-likeness (QED) is 0.0667. The molecule has 23 heteroatoms. The second-order valence-electron chi connectivity index (χ2n) is 10.7. The third-order valence-electron chi connectivity index (χ3n) is 6.20. The van der Waals surface area contributed by atoms with Crippen LogP contribution >= 0.6 is 0 Å². The van der Waals surface area contributed by atoms with E-state index in [1.807, 2.05) is 37.3 Å². The van der Waals surface area contributed by atoms with Crippen molar-refractivity contribution >= 4 is 42.0 Å². The number of carboxylic acids is 4. The number of aliphatic carboxylic acids is 4. The molecule has 0 spiro atoms. The molecule has 0 aliphatic heterocycles. The van der Waals surface area contributed by atoms with Crippen molar-refractivity contribution in [2.75, 3.05) is 20.0 Å². The van der Waals surface area contributed by atoms with Crippen LogP contribution in [-0.2, 0) is 40.1 Å². The van der Waals surface area contributed by atoms with Crippen molar-refractivity contribution in [2.45, 2.75) is 88.9 Å². The molecule has 15 N–H and O–H groups in total. The van der Waals surface area contributed by atoms with Crippen molar-refractivity contribution in [3.05, 3.63) is 35.9 Å². The Morgan fingerprint density at radius 3 is 1.61 bits per heavy atom. The van der Waals surface area contributed by atoms with Crippen LogP contribution in [0, 0.1) is 5.92 Å². The van der Waals surface area contributed by atoms with Crippen LogP contribution < -0.4 is 16.8 Å². The van der Waals surface area contributed by atoms with Crippen molar-refractivity contribution < 1.29 is 98.1 Å². The van der Waals surface area contributed by atoms with Gasteiger partial charge in [0.25, 0.3) is 0 Å². The number of alkyl halides is 2. The lowest BCUT2D eigenvalue weighted by atomic mass is 10.00. The second-order valence-corrected chi connectivity index (χ2v) is 10.7. The average Bonchev–Trinajstić information content (AvgIpc) is 3.14. The van der Waals surface area contributed by atoms with Gasteiger partial charge in [0.05, 0.1) is 19.1 Å². The topological polar surface area (TPSA) is 395 Å². The fourth-order valence-electron chi connectivity index (χ4n) is 2.71. The summed E-state index contributed by atoms with van der Waals surface area (Å²) in [6.07, 6.45) is -8.40. The van der Waals surface area contributed by atoms with Gasteiger partial charge in [-0.15, -0.1) is 0 Å². The van der Waals surface area contributed by atoms with Crippen LogP contribution in [-0.4, -0.2) is 162 Å². The van der Waals surface area contributed by atoms with Crippen molar-refractivity contribution in [1.82, 2.24) is 5.32 Å². The van der Waals surface area contributed by atoms with Crippen LogP contribution in [0.1, 0.15) is 39.2 Å². The standard InChI is InChI=1S/C14H19NO4.C6H12O6.C4H7NO4.C4H9NO3.C3H4F2O/c1-3-10(2)12(13(16)17)15-14(18)19-9-11-7-5-4-6-8-11;7-1-3(9)5(11)6(12)4(10)2-8;5-2(4(8)9)1-3(6)7;1-2(6)3(5)4(7)8;4-1-3(6)2-5/h4-8,10,12H,3,9H2,1-2H3,(H,15,18)(H,16,17);1,3-6,8-12H,2H2;2H,1,5H2,(H,6,7)(H,8,9);2-3,6H,5H2,1H3,(H,7,8);1-2H2/t10-,12-;3-,4+,5+,6+;2-;2-,3+;/m0001./s1. The molecular weight excluding hydrogens is 740 g/mol. The number of ketones is 1. The van der Waals surface area contributed by atoms with E-state index >= 15 is 0 Å². The maximum atomic E-state index is 11.6. The highest BCUT2D eigenvalue weighted by Gasteiger charge is 2.29. The molecule has 0 aromatic heterocycles. The molecule has 0 saturated heterocycles. The van der Waals surface area contributed by atoms with Gasteiger partial charge in [0.2, 0.25) is 0 Å². The van der Waals surface area contributed by atoms with Crippen molar-refractivity contribution in [2.24, 2.45) is 17.4 Å². The molecule has 1 amide bonds. The number of rotatable bonds is 18. The van der Waals surface area contributed by atoms with E-state index in [2.05, 4.69) is 5.32 Å². The Kier molecular flexibility index (Phi) is 34.1. The lowest BCUT2D eigenvalue weighted by molar-refractivity contribution is -0.144. The smallest absolute Gasteiger partial charge is 0.408 e. The van der Waals surface area contributed by atoms with Gasteiger partial charge in [-0.3, -0.25) is 19.2 Å². The van der Waals surface area contributed by atoms with Crippen molar-refractivity contribution in [1.29, 1.82) is 0 Å². The van der Waals surface area contributed by atoms with Gasteiger partial charge in [-0.2, -0.15) is 0 Å². The lowest BCUT2D eigenvalue weighted by Gasteiger charge is -2.22. The number of ether oxygens (including phenoxy) is 1. The number of aldehydes is 1. The van der Waals surface area contributed by atoms with Gasteiger partial charge in [0.1, 0.15) is 49.1 Å². The number of aliphatic hydroxyl groups excluding tert-OH is 6. The van der Waals surface area contributed by atoms with Crippen LogP contribution in [0.5, 0.6) is 0 Å². The van der Waals surface area contributed by atoms with E-state index in [9.17, 15) is 42.3 Å². The first-order valence-electron chi connectivity index (χ1n) is 15.5. The minimum atomic E-state index is -1.79. The molecule has 0 aliphatic carbocycles. The summed E-state index contributed by atoms with van der Waals surface area (Å²) in [4.78, 5) is 71.4. The monoisotopic (exact) mass is 791 g/mol. The number of nitrogens with one attached hydrogen (secondary N) is 1. The molecule has 0 saturated carbocycles. The minimum absolute atomic E-state index is 0.0258. The molecule has 9 atom stereocenters. The van der Waals surface area contributed by atoms with E-state index in [0.29, 0.717) is 6.42 Å². The van der Waals surface area contributed by atoms with Gasteiger partial charge in [-0.05, 0) is 18.4 Å². The fraction of sp³-hybridized carbons (Fsp3) is 0.581. The molecule has 0 unspecified atom stereocenters. The number of carbonyl (C=O) groups excluding carboxylic acids is 3. The van der Waals surface area contributed by atoms with Gasteiger partial charge < -0.3 is 77.4 Å². The minimum Gasteiger partial charge on any atom is -0.481 e. The zero-order chi connectivity index (χ0) is 43.1. The maximum absolute atomic E-state index is 11.6. The number of nitrogens with two attached hydrogens (primary N) is 2. The van der Waals surface area contributed by atoms with Crippen molar-refractivity contribution in [3.8, 4) is 0 Å². The van der Waals surface area contributed by atoms with E-state index in [-0.39, 0.29) is 18.8 Å². The SMILES string of the molecule is CC[C@H](C)[C@H](NC(=O)OCc1ccccc1)C(=O)O.C[C@@H](O)[C@H](N)C(=O)O.N[C@@H](CC(=O)O)C(=O)O.O=C(CF)CF.O=C[C@H](O)[C@@H](O)[C@H](O)[C@H](O)CO. The molecule has 0 bridgehead atoms. The Morgan fingerprint density at radius 1 is 0.833 bits per heavy atom. The highest BCUT2D eigenvalue weighted by atomic mass is 19.1. The summed E-state index contributed by atoms with van der Waals surface area (Å²) in [5.41, 5.74) is 10.6. The van der Waals surface area contributed by atoms with E-state index in [1.165, 1.54) is 6.92 Å². The molecule has 0 fully saturated rings. The van der Waals surface area contributed by atoms with Crippen LogP contribution in [0.15, 0.2) is 30.3 Å². The molecule has 1 rings (SSSR count). The highest BCUT2D eigenvalue weighted by Crippen LogP contribution is 2.09. The Bertz CT molecular complexity index is 1230. The van der Waals surface area contributed by atoms with Gasteiger partial charge in [0, 0.05) is 0 Å². The number of hydrogen-bond acceptors (Lipinski definition) is 16. The van der Waals surface area contributed by atoms with Crippen molar-refractivity contribution in [3.63, 3.8) is 0 Å². The fourth-order valence-corrected chi connectivity index (χ4v) is 2.71. The van der Waals surface area contributed by atoms with E-state index in [4.69, 9.17) is 67.3 Å². The lowest BCUT2D eigenvalue weighted by Crippen LogP contribution is -2.46. The Morgan fingerprint density at radius 2 is 1.33 bits per heavy atom. The van der Waals surface area contributed by atoms with Crippen LogP contribution in [0.25, 0.3) is 0 Å². The Balaban J connectivity index is -0.000000310. The number of alkyl carbamates (subject to hydrolysis) is 1. The number of amides is 1. The predicted molar refractivity (Wildman–Crippen MR) is 180 cm³/mol. The largest absolute Gasteiger partial charge is 0.481 e. The molecule has 0 heterocycles. The summed E-state index contributed by atoms with van der Waals surface area (Å²) in [6, 6.07) is 5.84. The number of Topliss-reactive ketones (excluding diaryl/α,β-unsaturated/α-hetero) is 1. The molecule has 1 aromatic rings. The summed E-state index contributed by atoms with van der Waals surface area (Å²) < 4.78 is 26.6. The molecule has 0 aliphatic rings. The Hall–Kier alpha value is -4.75. The number of benzene rings is 1. The number of halogens is 2. The number of aliphatic hydroxyl groups is 6. The normalized spacial score (nSPS) is 15.0. The zero-order valence-electron chi connectivity index (χ0n) is 29.6. The first-order chi connectivity index (χ1) is 25.0.